The fraction of sp³-hybridized carbons (Fsp3) is 0.429. The van der Waals surface area contributed by atoms with Crippen molar-refractivity contribution < 1.29 is 9.84 Å². The van der Waals surface area contributed by atoms with Gasteiger partial charge in [0.25, 0.3) is 0 Å². The first-order valence-electron chi connectivity index (χ1n) is 6.26. The Morgan fingerprint density at radius 3 is 2.74 bits per heavy atom. The lowest BCUT2D eigenvalue weighted by molar-refractivity contribution is 0.0223. The molecule has 1 aromatic rings. The third-order valence-corrected chi connectivity index (χ3v) is 3.57. The molecule has 0 saturated carbocycles. The van der Waals surface area contributed by atoms with E-state index in [1.54, 1.807) is 18.2 Å². The molecule has 1 unspecified atom stereocenters. The molecule has 3 nitrogen and oxygen atoms in total. The van der Waals surface area contributed by atoms with Crippen LogP contribution in [-0.2, 0) is 4.74 Å². The van der Waals surface area contributed by atoms with Crippen molar-refractivity contribution in [1.29, 1.82) is 0 Å². The molecule has 1 heterocycles. The number of hydrogen-bond acceptors (Lipinski definition) is 3. The highest BCUT2D eigenvalue weighted by molar-refractivity contribution is 6.35. The molecule has 0 aliphatic carbocycles. The van der Waals surface area contributed by atoms with Crippen LogP contribution in [0.2, 0.25) is 10.0 Å². The van der Waals surface area contributed by atoms with Gasteiger partial charge in [0, 0.05) is 29.7 Å². The second kappa shape index (κ2) is 7.27. The second-order valence-corrected chi connectivity index (χ2v) is 5.35. The first kappa shape index (κ1) is 14.8. The highest BCUT2D eigenvalue weighted by Crippen LogP contribution is 2.22. The van der Waals surface area contributed by atoms with Gasteiger partial charge in [0.1, 0.15) is 0 Å². The van der Waals surface area contributed by atoms with E-state index in [0.29, 0.717) is 16.6 Å². The average molecular weight is 302 g/mol. The molecule has 19 heavy (non-hydrogen) atoms. The largest absolute Gasteiger partial charge is 0.388 e. The molecule has 0 spiro atoms. The molecular weight excluding hydrogens is 285 g/mol. The van der Waals surface area contributed by atoms with Crippen LogP contribution in [0.3, 0.4) is 0 Å². The third-order valence-electron chi connectivity index (χ3n) is 3.01. The summed E-state index contributed by atoms with van der Waals surface area (Å²) in [5.41, 5.74) is 0.854. The van der Waals surface area contributed by atoms with Gasteiger partial charge in [0.05, 0.1) is 19.3 Å². The van der Waals surface area contributed by atoms with Crippen molar-refractivity contribution in [2.24, 2.45) is 0 Å². The number of ether oxygens (including phenoxy) is 1. The van der Waals surface area contributed by atoms with Crippen LogP contribution in [0.4, 0.5) is 0 Å². The molecule has 1 atom stereocenters. The summed E-state index contributed by atoms with van der Waals surface area (Å²) in [6.45, 7) is 3.82. The zero-order valence-electron chi connectivity index (χ0n) is 10.6. The highest BCUT2D eigenvalue weighted by atomic mass is 35.5. The number of nitrogens with zero attached hydrogens (tertiary/aromatic N) is 1. The molecule has 1 N–H and O–H groups in total. The Kier molecular flexibility index (Phi) is 5.67. The summed E-state index contributed by atoms with van der Waals surface area (Å²) >= 11 is 11.9. The van der Waals surface area contributed by atoms with Crippen LogP contribution in [0.15, 0.2) is 24.3 Å². The molecule has 2 rings (SSSR count). The lowest BCUT2D eigenvalue weighted by Crippen LogP contribution is -2.40. The summed E-state index contributed by atoms with van der Waals surface area (Å²) in [4.78, 5) is 2.18. The van der Waals surface area contributed by atoms with E-state index in [1.807, 2.05) is 12.1 Å². The third kappa shape index (κ3) is 4.79. The van der Waals surface area contributed by atoms with E-state index >= 15 is 0 Å². The Morgan fingerprint density at radius 2 is 2.05 bits per heavy atom. The van der Waals surface area contributed by atoms with Crippen molar-refractivity contribution >= 4 is 29.3 Å². The predicted octanol–water partition coefficient (Wildman–Crippen LogP) is 2.70. The van der Waals surface area contributed by atoms with Gasteiger partial charge in [-0.05, 0) is 17.7 Å². The maximum absolute atomic E-state index is 9.97. The summed E-state index contributed by atoms with van der Waals surface area (Å²) < 4.78 is 5.27. The number of rotatable bonds is 4. The Bertz CT molecular complexity index is 445. The molecule has 0 amide bonds. The van der Waals surface area contributed by atoms with Gasteiger partial charge in [0.2, 0.25) is 0 Å². The molecule has 1 aliphatic rings. The van der Waals surface area contributed by atoms with Gasteiger partial charge in [-0.25, -0.2) is 0 Å². The van der Waals surface area contributed by atoms with Crippen molar-refractivity contribution in [3.05, 3.63) is 39.9 Å². The van der Waals surface area contributed by atoms with E-state index in [4.69, 9.17) is 27.9 Å². The van der Waals surface area contributed by atoms with Crippen LogP contribution in [0, 0.1) is 0 Å². The lowest BCUT2D eigenvalue weighted by atomic mass is 10.2. The van der Waals surface area contributed by atoms with E-state index in [1.165, 1.54) is 0 Å². The standard InChI is InChI=1S/C14H17Cl2NO2/c15-12-3-1-11(14(16)9-12)2-4-13(18)10-17-5-7-19-8-6-17/h1-4,9,13,18H,5-8,10H2/b4-2+. The summed E-state index contributed by atoms with van der Waals surface area (Å²) in [6.07, 6.45) is 3.07. The monoisotopic (exact) mass is 301 g/mol. The zero-order valence-corrected chi connectivity index (χ0v) is 12.1. The first-order valence-corrected chi connectivity index (χ1v) is 7.02. The van der Waals surface area contributed by atoms with E-state index in [-0.39, 0.29) is 0 Å². The van der Waals surface area contributed by atoms with Gasteiger partial charge in [0.15, 0.2) is 0 Å². The molecule has 1 fully saturated rings. The van der Waals surface area contributed by atoms with Crippen molar-refractivity contribution in [2.45, 2.75) is 6.10 Å². The molecule has 104 valence electrons. The molecular formula is C14H17Cl2NO2. The molecule has 1 aromatic carbocycles. The molecule has 1 aliphatic heterocycles. The quantitative estimate of drug-likeness (QED) is 0.928. The molecule has 5 heteroatoms. The summed E-state index contributed by atoms with van der Waals surface area (Å²) in [7, 11) is 0. The minimum atomic E-state index is -0.509. The number of morpholine rings is 1. The fourth-order valence-corrected chi connectivity index (χ4v) is 2.43. The van der Waals surface area contributed by atoms with Crippen molar-refractivity contribution in [3.63, 3.8) is 0 Å². The van der Waals surface area contributed by atoms with E-state index in [0.717, 1.165) is 31.9 Å². The van der Waals surface area contributed by atoms with Crippen molar-refractivity contribution in [2.75, 3.05) is 32.8 Å². The molecule has 0 bridgehead atoms. The average Bonchev–Trinajstić information content (AvgIpc) is 2.39. The van der Waals surface area contributed by atoms with Crippen molar-refractivity contribution in [3.8, 4) is 0 Å². The van der Waals surface area contributed by atoms with Crippen LogP contribution in [0.25, 0.3) is 6.08 Å². The predicted molar refractivity (Wildman–Crippen MR) is 78.8 cm³/mol. The van der Waals surface area contributed by atoms with Gasteiger partial charge in [-0.2, -0.15) is 0 Å². The van der Waals surface area contributed by atoms with Crippen LogP contribution in [0.1, 0.15) is 5.56 Å². The normalized spacial score (nSPS) is 18.9. The molecule has 1 saturated heterocycles. The summed E-state index contributed by atoms with van der Waals surface area (Å²) in [6, 6.07) is 5.31. The topological polar surface area (TPSA) is 32.7 Å². The smallest absolute Gasteiger partial charge is 0.0851 e. The van der Waals surface area contributed by atoms with E-state index < -0.39 is 6.10 Å². The first-order chi connectivity index (χ1) is 9.15. The summed E-state index contributed by atoms with van der Waals surface area (Å²) in [5.74, 6) is 0. The SMILES string of the molecule is OC(/C=C/c1ccc(Cl)cc1Cl)CN1CCOCC1. The maximum atomic E-state index is 9.97. The zero-order chi connectivity index (χ0) is 13.7. The van der Waals surface area contributed by atoms with Crippen LogP contribution in [-0.4, -0.2) is 49.0 Å². The van der Waals surface area contributed by atoms with Gasteiger partial charge in [-0.3, -0.25) is 4.90 Å². The van der Waals surface area contributed by atoms with Gasteiger partial charge in [-0.15, -0.1) is 0 Å². The number of benzene rings is 1. The molecule has 0 aromatic heterocycles. The fourth-order valence-electron chi connectivity index (χ4n) is 1.96. The van der Waals surface area contributed by atoms with Crippen LogP contribution < -0.4 is 0 Å². The molecule has 0 radical (unpaired) electrons. The van der Waals surface area contributed by atoms with E-state index in [2.05, 4.69) is 4.90 Å². The maximum Gasteiger partial charge on any atom is 0.0851 e. The van der Waals surface area contributed by atoms with E-state index in [9.17, 15) is 5.11 Å². The Hall–Kier alpha value is -0.580. The number of aliphatic hydroxyl groups excluding tert-OH is 1. The Morgan fingerprint density at radius 1 is 1.32 bits per heavy atom. The van der Waals surface area contributed by atoms with Gasteiger partial charge >= 0.3 is 0 Å². The van der Waals surface area contributed by atoms with Crippen LogP contribution in [0.5, 0.6) is 0 Å². The number of β-amino-alcohol motifs (C(OH)–C–C–N with tert-alkyl or cyclic N) is 1. The lowest BCUT2D eigenvalue weighted by Gasteiger charge is -2.27. The number of hydrogen-bond donors (Lipinski definition) is 1. The van der Waals surface area contributed by atoms with Gasteiger partial charge < -0.3 is 9.84 Å². The number of aliphatic hydroxyl groups is 1. The van der Waals surface area contributed by atoms with Crippen LogP contribution >= 0.6 is 23.2 Å². The summed E-state index contributed by atoms with van der Waals surface area (Å²) in [5, 5.41) is 11.2. The number of halogens is 2. The minimum Gasteiger partial charge on any atom is -0.388 e. The van der Waals surface area contributed by atoms with Crippen molar-refractivity contribution in [1.82, 2.24) is 4.90 Å². The van der Waals surface area contributed by atoms with Gasteiger partial charge in [-0.1, -0.05) is 41.4 Å². The highest BCUT2D eigenvalue weighted by Gasteiger charge is 2.12. The Balaban J connectivity index is 1.89. The second-order valence-electron chi connectivity index (χ2n) is 4.51. The minimum absolute atomic E-state index is 0.509. The Labute approximate surface area is 123 Å².